The van der Waals surface area contributed by atoms with E-state index in [2.05, 4.69) is 33.0 Å². The lowest BCUT2D eigenvalue weighted by Gasteiger charge is -2.48. The van der Waals surface area contributed by atoms with Crippen LogP contribution < -0.4 is 0 Å². The van der Waals surface area contributed by atoms with Gasteiger partial charge in [-0.1, -0.05) is 46.3 Å². The number of carbonyl (C=O) groups excluding carboxylic acids is 2. The number of piperazine rings is 1. The Kier molecular flexibility index (Phi) is 4.28. The van der Waals surface area contributed by atoms with Gasteiger partial charge in [0.25, 0.3) is 0 Å². The fourth-order valence-electron chi connectivity index (χ4n) is 4.75. The van der Waals surface area contributed by atoms with Crippen molar-refractivity contribution in [3.8, 4) is 0 Å². The van der Waals surface area contributed by atoms with Gasteiger partial charge < -0.3 is 14.8 Å². The van der Waals surface area contributed by atoms with Gasteiger partial charge in [0, 0.05) is 33.5 Å². The molecular weight excluding hydrogens is 430 g/mol. The quantitative estimate of drug-likeness (QED) is 0.639. The molecule has 2 aliphatic rings. The van der Waals surface area contributed by atoms with Gasteiger partial charge in [-0.2, -0.15) is 0 Å². The summed E-state index contributed by atoms with van der Waals surface area (Å²) in [6.45, 7) is 4.06. The van der Waals surface area contributed by atoms with E-state index in [1.54, 1.807) is 9.80 Å². The SMILES string of the molecule is CC(C)N1CC(=O)N2[C@@H](c3cccc(Br)c3)c3[nH]c4ccccc4c3C[C@H]2C1=O. The summed E-state index contributed by atoms with van der Waals surface area (Å²) in [6, 6.07) is 15.4. The molecule has 1 aromatic heterocycles. The van der Waals surface area contributed by atoms with Crippen LogP contribution >= 0.6 is 15.9 Å². The lowest BCUT2D eigenvalue weighted by molar-refractivity contribution is -0.160. The van der Waals surface area contributed by atoms with Gasteiger partial charge in [-0.15, -0.1) is 0 Å². The van der Waals surface area contributed by atoms with Crippen molar-refractivity contribution in [2.75, 3.05) is 6.54 Å². The molecule has 1 saturated heterocycles. The van der Waals surface area contributed by atoms with Gasteiger partial charge in [-0.05, 0) is 43.2 Å². The monoisotopic (exact) mass is 451 g/mol. The van der Waals surface area contributed by atoms with Crippen LogP contribution in [0.5, 0.6) is 0 Å². The highest BCUT2D eigenvalue weighted by Crippen LogP contribution is 2.43. The summed E-state index contributed by atoms with van der Waals surface area (Å²) in [5, 5.41) is 1.13. The minimum Gasteiger partial charge on any atom is -0.356 e. The average Bonchev–Trinajstić information content (AvgIpc) is 3.07. The van der Waals surface area contributed by atoms with E-state index in [0.29, 0.717) is 6.42 Å². The number of hydrogen-bond donors (Lipinski definition) is 1. The molecule has 0 spiro atoms. The Bertz CT molecular complexity index is 1140. The molecular formula is C23H22BrN3O2. The zero-order chi connectivity index (χ0) is 20.3. The fourth-order valence-corrected chi connectivity index (χ4v) is 5.16. The zero-order valence-corrected chi connectivity index (χ0v) is 17.9. The first-order valence-corrected chi connectivity index (χ1v) is 10.7. The van der Waals surface area contributed by atoms with Gasteiger partial charge in [0.15, 0.2) is 0 Å². The number of benzene rings is 2. The van der Waals surface area contributed by atoms with Crippen molar-refractivity contribution in [3.05, 3.63) is 69.8 Å². The number of carbonyl (C=O) groups is 2. The van der Waals surface area contributed by atoms with Gasteiger partial charge in [-0.3, -0.25) is 9.59 Å². The number of para-hydroxylation sites is 1. The second-order valence-corrected chi connectivity index (χ2v) is 9.02. The fraction of sp³-hybridized carbons (Fsp3) is 0.304. The molecule has 2 amide bonds. The third-order valence-corrected chi connectivity index (χ3v) is 6.57. The maximum absolute atomic E-state index is 13.4. The van der Waals surface area contributed by atoms with E-state index in [4.69, 9.17) is 0 Å². The minimum absolute atomic E-state index is 0.00212. The summed E-state index contributed by atoms with van der Waals surface area (Å²) in [4.78, 5) is 33.7. The number of nitrogens with one attached hydrogen (secondary N) is 1. The Morgan fingerprint density at radius 3 is 2.66 bits per heavy atom. The topological polar surface area (TPSA) is 56.4 Å². The first-order valence-electron chi connectivity index (χ1n) is 9.92. The molecule has 2 aromatic carbocycles. The average molecular weight is 452 g/mol. The molecule has 5 nitrogen and oxygen atoms in total. The second kappa shape index (κ2) is 6.73. The van der Waals surface area contributed by atoms with Crippen LogP contribution in [-0.4, -0.2) is 45.2 Å². The van der Waals surface area contributed by atoms with E-state index in [0.717, 1.165) is 32.2 Å². The Morgan fingerprint density at radius 1 is 1.10 bits per heavy atom. The smallest absolute Gasteiger partial charge is 0.246 e. The van der Waals surface area contributed by atoms with Crippen LogP contribution in [0.4, 0.5) is 0 Å². The van der Waals surface area contributed by atoms with Gasteiger partial charge >= 0.3 is 0 Å². The Balaban J connectivity index is 1.74. The van der Waals surface area contributed by atoms with Gasteiger partial charge in [0.05, 0.1) is 6.04 Å². The molecule has 29 heavy (non-hydrogen) atoms. The minimum atomic E-state index is -0.477. The summed E-state index contributed by atoms with van der Waals surface area (Å²) < 4.78 is 0.953. The standard InChI is InChI=1S/C23H22BrN3O2/c1-13(2)26-12-20(28)27-19(23(26)29)11-17-16-8-3-4-9-18(16)25-21(17)22(27)14-6-5-7-15(24)10-14/h3-10,13,19,22,25H,11-12H2,1-2H3/t19-,22-/m0/s1. The molecule has 3 heterocycles. The lowest BCUT2D eigenvalue weighted by atomic mass is 9.86. The van der Waals surface area contributed by atoms with Crippen LogP contribution in [0.3, 0.4) is 0 Å². The van der Waals surface area contributed by atoms with E-state index in [9.17, 15) is 9.59 Å². The van der Waals surface area contributed by atoms with E-state index in [1.807, 2.05) is 50.2 Å². The number of hydrogen-bond acceptors (Lipinski definition) is 2. The van der Waals surface area contributed by atoms with Crippen molar-refractivity contribution in [1.29, 1.82) is 0 Å². The van der Waals surface area contributed by atoms with Crippen molar-refractivity contribution in [2.24, 2.45) is 0 Å². The summed E-state index contributed by atoms with van der Waals surface area (Å²) in [5.41, 5.74) is 4.19. The third kappa shape index (κ3) is 2.81. The molecule has 2 aliphatic heterocycles. The molecule has 3 aromatic rings. The molecule has 1 N–H and O–H groups in total. The Hall–Kier alpha value is -2.60. The number of halogens is 1. The normalized spacial score (nSPS) is 21.7. The van der Waals surface area contributed by atoms with Crippen molar-refractivity contribution < 1.29 is 9.59 Å². The highest BCUT2D eigenvalue weighted by molar-refractivity contribution is 9.10. The third-order valence-electron chi connectivity index (χ3n) is 6.08. The molecule has 0 saturated carbocycles. The first kappa shape index (κ1) is 18.4. The van der Waals surface area contributed by atoms with Crippen LogP contribution in [0.15, 0.2) is 53.0 Å². The molecule has 0 unspecified atom stereocenters. The predicted molar refractivity (Wildman–Crippen MR) is 115 cm³/mol. The van der Waals surface area contributed by atoms with Crippen molar-refractivity contribution >= 4 is 38.6 Å². The van der Waals surface area contributed by atoms with Crippen LogP contribution in [0.25, 0.3) is 10.9 Å². The van der Waals surface area contributed by atoms with Gasteiger partial charge in [-0.25, -0.2) is 0 Å². The maximum Gasteiger partial charge on any atom is 0.246 e. The highest BCUT2D eigenvalue weighted by Gasteiger charge is 2.48. The van der Waals surface area contributed by atoms with Gasteiger partial charge in [0.2, 0.25) is 11.8 Å². The van der Waals surface area contributed by atoms with E-state index in [-0.39, 0.29) is 30.4 Å². The number of rotatable bonds is 2. The van der Waals surface area contributed by atoms with E-state index < -0.39 is 6.04 Å². The van der Waals surface area contributed by atoms with E-state index in [1.165, 1.54) is 0 Å². The van der Waals surface area contributed by atoms with E-state index >= 15 is 0 Å². The lowest BCUT2D eigenvalue weighted by Crippen LogP contribution is -2.64. The highest BCUT2D eigenvalue weighted by atomic mass is 79.9. The van der Waals surface area contributed by atoms with Crippen LogP contribution in [0.2, 0.25) is 0 Å². The molecule has 148 valence electrons. The zero-order valence-electron chi connectivity index (χ0n) is 16.4. The summed E-state index contributed by atoms with van der Waals surface area (Å²) in [7, 11) is 0. The first-order chi connectivity index (χ1) is 14.0. The second-order valence-electron chi connectivity index (χ2n) is 8.10. The number of aromatic amines is 1. The molecule has 5 rings (SSSR count). The summed E-state index contributed by atoms with van der Waals surface area (Å²) in [6.07, 6.45) is 0.539. The molecule has 0 radical (unpaired) electrons. The van der Waals surface area contributed by atoms with Crippen LogP contribution in [-0.2, 0) is 16.0 Å². The molecule has 1 fully saturated rings. The number of H-pyrrole nitrogens is 1. The Labute approximate surface area is 177 Å². The molecule has 6 heteroatoms. The molecule has 2 atom stereocenters. The number of nitrogens with zero attached hydrogens (tertiary/aromatic N) is 2. The van der Waals surface area contributed by atoms with Gasteiger partial charge in [0.1, 0.15) is 12.6 Å². The van der Waals surface area contributed by atoms with Crippen LogP contribution in [0.1, 0.15) is 36.7 Å². The molecule has 0 aliphatic carbocycles. The largest absolute Gasteiger partial charge is 0.356 e. The van der Waals surface area contributed by atoms with Crippen LogP contribution in [0, 0.1) is 0 Å². The van der Waals surface area contributed by atoms with Crippen molar-refractivity contribution in [1.82, 2.24) is 14.8 Å². The summed E-state index contributed by atoms with van der Waals surface area (Å²) >= 11 is 3.56. The number of fused-ring (bicyclic) bond motifs is 4. The summed E-state index contributed by atoms with van der Waals surface area (Å²) in [5.74, 6) is 0.0353. The van der Waals surface area contributed by atoms with Crippen molar-refractivity contribution in [2.45, 2.75) is 38.4 Å². The number of aromatic nitrogens is 1. The molecule has 0 bridgehead atoms. The number of amides is 2. The van der Waals surface area contributed by atoms with Crippen molar-refractivity contribution in [3.63, 3.8) is 0 Å². The maximum atomic E-state index is 13.4. The Morgan fingerprint density at radius 2 is 1.90 bits per heavy atom. The predicted octanol–water partition coefficient (Wildman–Crippen LogP) is 4.02.